The van der Waals surface area contributed by atoms with Gasteiger partial charge in [0, 0.05) is 13.1 Å². The van der Waals surface area contributed by atoms with Gasteiger partial charge >= 0.3 is 0 Å². The Morgan fingerprint density at radius 3 is 3.00 bits per heavy atom. The number of hydrogen-bond acceptors (Lipinski definition) is 4. The molecule has 4 heteroatoms. The van der Waals surface area contributed by atoms with E-state index < -0.39 is 5.60 Å². The Labute approximate surface area is 92.0 Å². The number of aliphatic hydroxyl groups is 1. The summed E-state index contributed by atoms with van der Waals surface area (Å²) < 4.78 is 0. The Morgan fingerprint density at radius 1 is 1.53 bits per heavy atom. The fourth-order valence-corrected chi connectivity index (χ4v) is 2.58. The molecule has 2 aliphatic rings. The van der Waals surface area contributed by atoms with Crippen LogP contribution in [0.4, 0.5) is 0 Å². The fraction of sp³-hybridized carbons (Fsp3) is 1.00. The Morgan fingerprint density at radius 2 is 2.40 bits per heavy atom. The quantitative estimate of drug-likeness (QED) is 0.605. The number of hydrogen-bond donors (Lipinski definition) is 3. The standard InChI is InChI=1S/C11H23N3O/c1-14-7-2-4-10(14)13-9-11(15)5-3-6-12-8-11/h10,12-13,15H,2-9H2,1H3. The summed E-state index contributed by atoms with van der Waals surface area (Å²) in [6, 6.07) is 0. The number of β-amino-alcohol motifs (C(OH)–C–C–N with tert-alkyl or cyclic N) is 1. The average Bonchev–Trinajstić information content (AvgIpc) is 2.62. The highest BCUT2D eigenvalue weighted by atomic mass is 16.3. The van der Waals surface area contributed by atoms with Gasteiger partial charge in [0.15, 0.2) is 0 Å². The Hall–Kier alpha value is -0.160. The Bertz CT molecular complexity index is 204. The summed E-state index contributed by atoms with van der Waals surface area (Å²) in [4.78, 5) is 2.33. The van der Waals surface area contributed by atoms with E-state index in [1.807, 2.05) is 0 Å². The van der Waals surface area contributed by atoms with Gasteiger partial charge in [0.05, 0.1) is 11.8 Å². The highest BCUT2D eigenvalue weighted by molar-refractivity contribution is 4.88. The summed E-state index contributed by atoms with van der Waals surface area (Å²) >= 11 is 0. The molecule has 0 aromatic heterocycles. The molecular formula is C11H23N3O. The highest BCUT2D eigenvalue weighted by Gasteiger charge is 2.30. The van der Waals surface area contributed by atoms with E-state index in [2.05, 4.69) is 22.6 Å². The Kier molecular flexibility index (Phi) is 3.61. The summed E-state index contributed by atoms with van der Waals surface area (Å²) in [6.07, 6.45) is 4.95. The van der Waals surface area contributed by atoms with Gasteiger partial charge in [-0.1, -0.05) is 0 Å². The molecule has 2 unspecified atom stereocenters. The van der Waals surface area contributed by atoms with Crippen LogP contribution in [-0.4, -0.2) is 55.0 Å². The minimum absolute atomic E-state index is 0.468. The summed E-state index contributed by atoms with van der Waals surface area (Å²) in [5.74, 6) is 0. The van der Waals surface area contributed by atoms with Crippen molar-refractivity contribution < 1.29 is 5.11 Å². The predicted molar refractivity (Wildman–Crippen MR) is 60.7 cm³/mol. The second kappa shape index (κ2) is 4.78. The summed E-state index contributed by atoms with van der Waals surface area (Å²) in [6.45, 7) is 3.67. The first kappa shape index (κ1) is 11.3. The molecule has 3 N–H and O–H groups in total. The second-order valence-corrected chi connectivity index (χ2v) is 5.02. The van der Waals surface area contributed by atoms with Crippen LogP contribution in [0.3, 0.4) is 0 Å². The van der Waals surface area contributed by atoms with Gasteiger partial charge in [0.25, 0.3) is 0 Å². The Balaban J connectivity index is 1.76. The van der Waals surface area contributed by atoms with Crippen LogP contribution in [0.5, 0.6) is 0 Å². The van der Waals surface area contributed by atoms with Gasteiger partial charge in [0.1, 0.15) is 0 Å². The minimum atomic E-state index is -0.526. The van der Waals surface area contributed by atoms with Crippen molar-refractivity contribution in [2.24, 2.45) is 0 Å². The lowest BCUT2D eigenvalue weighted by Crippen LogP contribution is -2.54. The first-order valence-electron chi connectivity index (χ1n) is 6.06. The lowest BCUT2D eigenvalue weighted by molar-refractivity contribution is 0.0106. The molecule has 88 valence electrons. The molecule has 2 aliphatic heterocycles. The van der Waals surface area contributed by atoms with Crippen molar-refractivity contribution in [1.82, 2.24) is 15.5 Å². The molecule has 0 aromatic carbocycles. The van der Waals surface area contributed by atoms with Crippen LogP contribution in [0.2, 0.25) is 0 Å². The number of rotatable bonds is 3. The van der Waals surface area contributed by atoms with Crippen molar-refractivity contribution in [2.45, 2.75) is 37.5 Å². The molecular weight excluding hydrogens is 190 g/mol. The zero-order chi connectivity index (χ0) is 10.7. The van der Waals surface area contributed by atoms with Crippen molar-refractivity contribution in [3.05, 3.63) is 0 Å². The molecule has 2 saturated heterocycles. The maximum Gasteiger partial charge on any atom is 0.0896 e. The number of piperidine rings is 1. The maximum absolute atomic E-state index is 10.3. The van der Waals surface area contributed by atoms with E-state index in [0.717, 1.165) is 32.5 Å². The van der Waals surface area contributed by atoms with E-state index in [1.165, 1.54) is 19.4 Å². The number of nitrogens with zero attached hydrogens (tertiary/aromatic N) is 1. The van der Waals surface area contributed by atoms with Crippen LogP contribution in [0.15, 0.2) is 0 Å². The molecule has 0 spiro atoms. The van der Waals surface area contributed by atoms with Crippen molar-refractivity contribution in [2.75, 3.05) is 33.2 Å². The second-order valence-electron chi connectivity index (χ2n) is 5.02. The first-order valence-corrected chi connectivity index (χ1v) is 6.06. The van der Waals surface area contributed by atoms with Crippen LogP contribution >= 0.6 is 0 Å². The third kappa shape index (κ3) is 2.91. The van der Waals surface area contributed by atoms with Gasteiger partial charge < -0.3 is 10.4 Å². The van der Waals surface area contributed by atoms with Crippen molar-refractivity contribution in [3.63, 3.8) is 0 Å². The summed E-state index contributed by atoms with van der Waals surface area (Å²) in [5, 5.41) is 17.0. The predicted octanol–water partition coefficient (Wildman–Crippen LogP) is -0.258. The van der Waals surface area contributed by atoms with E-state index >= 15 is 0 Å². The molecule has 2 rings (SSSR count). The van der Waals surface area contributed by atoms with E-state index in [1.54, 1.807) is 0 Å². The molecule has 0 aliphatic carbocycles. The van der Waals surface area contributed by atoms with Gasteiger partial charge in [-0.3, -0.25) is 10.2 Å². The molecule has 15 heavy (non-hydrogen) atoms. The zero-order valence-corrected chi connectivity index (χ0v) is 9.63. The van der Waals surface area contributed by atoms with E-state index in [0.29, 0.717) is 6.17 Å². The van der Waals surface area contributed by atoms with Gasteiger partial charge in [-0.2, -0.15) is 0 Å². The SMILES string of the molecule is CN1CCCC1NCC1(O)CCCNC1. The van der Waals surface area contributed by atoms with Gasteiger partial charge in [-0.05, 0) is 45.8 Å². The lowest BCUT2D eigenvalue weighted by Gasteiger charge is -2.34. The molecule has 0 bridgehead atoms. The molecule has 0 saturated carbocycles. The van der Waals surface area contributed by atoms with Crippen LogP contribution in [0.25, 0.3) is 0 Å². The van der Waals surface area contributed by atoms with E-state index in [4.69, 9.17) is 0 Å². The zero-order valence-electron chi connectivity index (χ0n) is 9.63. The molecule has 0 amide bonds. The summed E-state index contributed by atoms with van der Waals surface area (Å²) in [7, 11) is 2.15. The third-order valence-electron chi connectivity index (χ3n) is 3.64. The van der Waals surface area contributed by atoms with Crippen LogP contribution in [-0.2, 0) is 0 Å². The maximum atomic E-state index is 10.3. The van der Waals surface area contributed by atoms with Crippen molar-refractivity contribution in [3.8, 4) is 0 Å². The number of likely N-dealkylation sites (tertiary alicyclic amines) is 1. The molecule has 0 aromatic rings. The number of nitrogens with one attached hydrogen (secondary N) is 2. The van der Waals surface area contributed by atoms with Crippen LogP contribution < -0.4 is 10.6 Å². The van der Waals surface area contributed by atoms with Crippen LogP contribution in [0, 0.1) is 0 Å². The molecule has 4 nitrogen and oxygen atoms in total. The smallest absolute Gasteiger partial charge is 0.0896 e. The van der Waals surface area contributed by atoms with Gasteiger partial charge in [0.2, 0.25) is 0 Å². The van der Waals surface area contributed by atoms with E-state index in [-0.39, 0.29) is 0 Å². The third-order valence-corrected chi connectivity index (χ3v) is 3.64. The lowest BCUT2D eigenvalue weighted by atomic mass is 9.94. The van der Waals surface area contributed by atoms with Crippen LogP contribution in [0.1, 0.15) is 25.7 Å². The van der Waals surface area contributed by atoms with Gasteiger partial charge in [-0.15, -0.1) is 0 Å². The van der Waals surface area contributed by atoms with Gasteiger partial charge in [-0.25, -0.2) is 0 Å². The highest BCUT2D eigenvalue weighted by Crippen LogP contribution is 2.17. The van der Waals surface area contributed by atoms with Crippen molar-refractivity contribution >= 4 is 0 Å². The van der Waals surface area contributed by atoms with E-state index in [9.17, 15) is 5.11 Å². The molecule has 2 heterocycles. The topological polar surface area (TPSA) is 47.5 Å². The molecule has 0 radical (unpaired) electrons. The normalized spacial score (nSPS) is 38.4. The minimum Gasteiger partial charge on any atom is -0.387 e. The fourth-order valence-electron chi connectivity index (χ4n) is 2.58. The molecule has 2 atom stereocenters. The van der Waals surface area contributed by atoms with Crippen molar-refractivity contribution in [1.29, 1.82) is 0 Å². The molecule has 2 fully saturated rings. The average molecular weight is 213 g/mol. The largest absolute Gasteiger partial charge is 0.387 e. The first-order chi connectivity index (χ1) is 7.20. The monoisotopic (exact) mass is 213 g/mol. The summed E-state index contributed by atoms with van der Waals surface area (Å²) in [5.41, 5.74) is -0.526.